The van der Waals surface area contributed by atoms with E-state index in [9.17, 15) is 12.8 Å². The average molecular weight is 342 g/mol. The van der Waals surface area contributed by atoms with E-state index in [1.807, 2.05) is 6.07 Å². The van der Waals surface area contributed by atoms with Gasteiger partial charge in [-0.05, 0) is 30.3 Å². The molecule has 0 aliphatic carbocycles. The molecule has 1 heterocycles. The number of anilines is 1. The lowest BCUT2D eigenvalue weighted by Crippen LogP contribution is -2.13. The molecule has 0 aliphatic rings. The first-order valence-electron chi connectivity index (χ1n) is 6.82. The standard InChI is InChI=1S/C16H11FN4O2S/c17-13-6-7-16(12(8-13)9-18)20-24(22,23)15-10-19-21(11-15)14-4-2-1-3-5-14/h1-8,10-11,20H. The number of hydrogen-bond acceptors (Lipinski definition) is 4. The first-order chi connectivity index (χ1) is 11.5. The van der Waals surface area contributed by atoms with E-state index in [4.69, 9.17) is 5.26 Å². The van der Waals surface area contributed by atoms with Gasteiger partial charge in [-0.1, -0.05) is 18.2 Å². The predicted molar refractivity (Wildman–Crippen MR) is 85.5 cm³/mol. The molecule has 0 spiro atoms. The molecular formula is C16H11FN4O2S. The summed E-state index contributed by atoms with van der Waals surface area (Å²) in [6.07, 6.45) is 2.55. The van der Waals surface area contributed by atoms with Gasteiger partial charge in [0.15, 0.2) is 0 Å². The molecule has 0 atom stereocenters. The molecule has 0 radical (unpaired) electrons. The Kier molecular flexibility index (Phi) is 4.02. The molecular weight excluding hydrogens is 331 g/mol. The first kappa shape index (κ1) is 15.7. The van der Waals surface area contributed by atoms with Crippen molar-refractivity contribution in [3.63, 3.8) is 0 Å². The van der Waals surface area contributed by atoms with Crippen molar-refractivity contribution in [3.8, 4) is 11.8 Å². The maximum atomic E-state index is 13.1. The van der Waals surface area contributed by atoms with Crippen molar-refractivity contribution in [1.82, 2.24) is 9.78 Å². The first-order valence-corrected chi connectivity index (χ1v) is 8.30. The number of nitrogens with zero attached hydrogens (tertiary/aromatic N) is 3. The topological polar surface area (TPSA) is 87.8 Å². The SMILES string of the molecule is N#Cc1cc(F)ccc1NS(=O)(=O)c1cnn(-c2ccccc2)c1. The number of halogens is 1. The average Bonchev–Trinajstić information content (AvgIpc) is 3.08. The van der Waals surface area contributed by atoms with E-state index < -0.39 is 15.8 Å². The number of nitriles is 1. The van der Waals surface area contributed by atoms with E-state index in [0.29, 0.717) is 5.69 Å². The highest BCUT2D eigenvalue weighted by molar-refractivity contribution is 7.92. The fraction of sp³-hybridized carbons (Fsp3) is 0. The van der Waals surface area contributed by atoms with Crippen LogP contribution in [0.2, 0.25) is 0 Å². The summed E-state index contributed by atoms with van der Waals surface area (Å²) in [6.45, 7) is 0. The Morgan fingerprint density at radius 2 is 1.92 bits per heavy atom. The van der Waals surface area contributed by atoms with Gasteiger partial charge < -0.3 is 0 Å². The molecule has 8 heteroatoms. The maximum Gasteiger partial charge on any atom is 0.265 e. The van der Waals surface area contributed by atoms with Crippen LogP contribution < -0.4 is 4.72 Å². The zero-order valence-electron chi connectivity index (χ0n) is 12.2. The fourth-order valence-electron chi connectivity index (χ4n) is 2.07. The Bertz CT molecular complexity index is 1020. The van der Waals surface area contributed by atoms with Gasteiger partial charge in [-0.15, -0.1) is 0 Å². The molecule has 2 aromatic carbocycles. The number of aromatic nitrogens is 2. The normalized spacial score (nSPS) is 11.0. The highest BCUT2D eigenvalue weighted by Gasteiger charge is 2.19. The molecule has 0 bridgehead atoms. The van der Waals surface area contributed by atoms with Crippen LogP contribution >= 0.6 is 0 Å². The molecule has 0 saturated heterocycles. The van der Waals surface area contributed by atoms with Crippen LogP contribution in [0, 0.1) is 17.1 Å². The summed E-state index contributed by atoms with van der Waals surface area (Å²) in [5, 5.41) is 13.0. The van der Waals surface area contributed by atoms with Gasteiger partial charge in [0.1, 0.15) is 16.8 Å². The van der Waals surface area contributed by atoms with Gasteiger partial charge in [0.2, 0.25) is 0 Å². The predicted octanol–water partition coefficient (Wildman–Crippen LogP) is 2.68. The summed E-state index contributed by atoms with van der Waals surface area (Å²) in [6, 6.07) is 14.0. The Morgan fingerprint density at radius 1 is 1.17 bits per heavy atom. The zero-order chi connectivity index (χ0) is 17.2. The van der Waals surface area contributed by atoms with Crippen LogP contribution in [-0.4, -0.2) is 18.2 Å². The van der Waals surface area contributed by atoms with Crippen LogP contribution in [0.5, 0.6) is 0 Å². The number of hydrogen-bond donors (Lipinski definition) is 1. The molecule has 120 valence electrons. The maximum absolute atomic E-state index is 13.1. The lowest BCUT2D eigenvalue weighted by atomic mass is 10.2. The van der Waals surface area contributed by atoms with E-state index in [1.165, 1.54) is 23.1 Å². The summed E-state index contributed by atoms with van der Waals surface area (Å²) >= 11 is 0. The van der Waals surface area contributed by atoms with Gasteiger partial charge >= 0.3 is 0 Å². The third kappa shape index (κ3) is 3.11. The number of para-hydroxylation sites is 1. The van der Waals surface area contributed by atoms with Crippen molar-refractivity contribution in [3.05, 3.63) is 72.3 Å². The molecule has 0 aliphatic heterocycles. The minimum atomic E-state index is -3.95. The van der Waals surface area contributed by atoms with Gasteiger partial charge in [0, 0.05) is 0 Å². The van der Waals surface area contributed by atoms with Gasteiger partial charge in [0.05, 0.1) is 29.3 Å². The minimum absolute atomic E-state index is 0.00589. The minimum Gasteiger partial charge on any atom is -0.278 e. The second-order valence-electron chi connectivity index (χ2n) is 4.86. The smallest absolute Gasteiger partial charge is 0.265 e. The third-order valence-corrected chi connectivity index (χ3v) is 4.56. The summed E-state index contributed by atoms with van der Waals surface area (Å²) < 4.78 is 41.7. The van der Waals surface area contributed by atoms with E-state index >= 15 is 0 Å². The van der Waals surface area contributed by atoms with E-state index in [-0.39, 0.29) is 16.1 Å². The van der Waals surface area contributed by atoms with Crippen LogP contribution in [0.15, 0.2) is 65.8 Å². The Balaban J connectivity index is 1.92. The molecule has 1 N–H and O–H groups in total. The molecule has 0 amide bonds. The Labute approximate surface area is 137 Å². The van der Waals surface area contributed by atoms with Crippen molar-refractivity contribution in [1.29, 1.82) is 5.26 Å². The number of nitrogens with one attached hydrogen (secondary N) is 1. The van der Waals surface area contributed by atoms with Crippen LogP contribution in [0.25, 0.3) is 5.69 Å². The molecule has 3 aromatic rings. The lowest BCUT2D eigenvalue weighted by molar-refractivity contribution is 0.601. The fourth-order valence-corrected chi connectivity index (χ4v) is 3.08. The molecule has 0 unspecified atom stereocenters. The van der Waals surface area contributed by atoms with E-state index in [0.717, 1.165) is 12.1 Å². The summed E-state index contributed by atoms with van der Waals surface area (Å²) in [5.41, 5.74) is 0.610. The van der Waals surface area contributed by atoms with Crippen molar-refractivity contribution >= 4 is 15.7 Å². The second kappa shape index (κ2) is 6.14. The number of sulfonamides is 1. The largest absolute Gasteiger partial charge is 0.278 e. The monoisotopic (exact) mass is 342 g/mol. The van der Waals surface area contributed by atoms with Crippen LogP contribution in [0.3, 0.4) is 0 Å². The van der Waals surface area contributed by atoms with Gasteiger partial charge in [-0.25, -0.2) is 17.5 Å². The summed E-state index contributed by atoms with van der Waals surface area (Å²) in [5.74, 6) is -0.619. The van der Waals surface area contributed by atoms with Crippen LogP contribution in [0.1, 0.15) is 5.56 Å². The molecule has 24 heavy (non-hydrogen) atoms. The second-order valence-corrected chi connectivity index (χ2v) is 6.55. The summed E-state index contributed by atoms with van der Waals surface area (Å²) in [7, 11) is -3.95. The molecule has 3 rings (SSSR count). The van der Waals surface area contributed by atoms with Crippen molar-refractivity contribution in [2.75, 3.05) is 4.72 Å². The molecule has 0 saturated carbocycles. The number of rotatable bonds is 4. The lowest BCUT2D eigenvalue weighted by Gasteiger charge is -2.07. The van der Waals surface area contributed by atoms with Crippen molar-refractivity contribution in [2.24, 2.45) is 0 Å². The van der Waals surface area contributed by atoms with Gasteiger partial charge in [-0.2, -0.15) is 10.4 Å². The number of benzene rings is 2. The molecule has 1 aromatic heterocycles. The van der Waals surface area contributed by atoms with Crippen molar-refractivity contribution < 1.29 is 12.8 Å². The van der Waals surface area contributed by atoms with E-state index in [1.54, 1.807) is 30.3 Å². The quantitative estimate of drug-likeness (QED) is 0.789. The highest BCUT2D eigenvalue weighted by atomic mass is 32.2. The Hall–Kier alpha value is -3.18. The van der Waals surface area contributed by atoms with Crippen molar-refractivity contribution in [2.45, 2.75) is 4.90 Å². The molecule has 6 nitrogen and oxygen atoms in total. The van der Waals surface area contributed by atoms with Gasteiger partial charge in [0.25, 0.3) is 10.0 Å². The van der Waals surface area contributed by atoms with Crippen LogP contribution in [-0.2, 0) is 10.0 Å². The third-order valence-electron chi connectivity index (χ3n) is 3.24. The van der Waals surface area contributed by atoms with E-state index in [2.05, 4.69) is 9.82 Å². The highest BCUT2D eigenvalue weighted by Crippen LogP contribution is 2.21. The Morgan fingerprint density at radius 3 is 2.62 bits per heavy atom. The summed E-state index contributed by atoms with van der Waals surface area (Å²) in [4.78, 5) is -0.0698. The zero-order valence-corrected chi connectivity index (χ0v) is 13.0. The van der Waals surface area contributed by atoms with Gasteiger partial charge in [-0.3, -0.25) is 4.72 Å². The van der Waals surface area contributed by atoms with Crippen LogP contribution in [0.4, 0.5) is 10.1 Å². The molecule has 0 fully saturated rings.